The molecule has 1 aliphatic carbocycles. The number of ether oxygens (including phenoxy) is 1. The summed E-state index contributed by atoms with van der Waals surface area (Å²) in [6.07, 6.45) is 6.84. The zero-order chi connectivity index (χ0) is 13.2. The Morgan fingerprint density at radius 2 is 1.94 bits per heavy atom. The molecule has 1 unspecified atom stereocenters. The van der Waals surface area contributed by atoms with Gasteiger partial charge in [-0.1, -0.05) is 19.3 Å². The van der Waals surface area contributed by atoms with Gasteiger partial charge in [-0.15, -0.1) is 0 Å². The van der Waals surface area contributed by atoms with E-state index in [1.54, 1.807) is 0 Å². The largest absolute Gasteiger partial charge is 0.369 e. The van der Waals surface area contributed by atoms with Gasteiger partial charge in [-0.05, 0) is 45.8 Å². The van der Waals surface area contributed by atoms with Gasteiger partial charge in [0.1, 0.15) is 0 Å². The lowest BCUT2D eigenvalue weighted by Crippen LogP contribution is -2.57. The van der Waals surface area contributed by atoms with Gasteiger partial charge in [-0.25, -0.2) is 0 Å². The first kappa shape index (κ1) is 14.1. The van der Waals surface area contributed by atoms with Gasteiger partial charge in [0.15, 0.2) is 5.11 Å². The molecule has 1 N–H and O–H groups in total. The molecule has 0 bridgehead atoms. The standard InChI is InChI=1S/C14H26N2OS/c1-11-9-16(10-14(2,3)17-11)13(18)15-12-7-5-4-6-8-12/h11-12H,4-10H2,1-3H3,(H,15,18). The molecule has 3 nitrogen and oxygen atoms in total. The summed E-state index contributed by atoms with van der Waals surface area (Å²) in [4.78, 5) is 2.28. The van der Waals surface area contributed by atoms with Gasteiger partial charge in [0, 0.05) is 19.1 Å². The van der Waals surface area contributed by atoms with E-state index in [1.165, 1.54) is 32.1 Å². The molecule has 1 saturated carbocycles. The second-order valence-corrected chi connectivity index (χ2v) is 6.74. The highest BCUT2D eigenvalue weighted by Crippen LogP contribution is 2.22. The summed E-state index contributed by atoms with van der Waals surface area (Å²) in [5.41, 5.74) is -0.101. The van der Waals surface area contributed by atoms with Gasteiger partial charge in [-0.3, -0.25) is 0 Å². The number of hydrogen-bond acceptors (Lipinski definition) is 2. The monoisotopic (exact) mass is 270 g/mol. The van der Waals surface area contributed by atoms with Gasteiger partial charge in [0.25, 0.3) is 0 Å². The van der Waals surface area contributed by atoms with Crippen LogP contribution in [0.2, 0.25) is 0 Å². The molecule has 0 spiro atoms. The second-order valence-electron chi connectivity index (χ2n) is 6.35. The third-order valence-corrected chi connectivity index (χ3v) is 4.17. The Morgan fingerprint density at radius 1 is 1.28 bits per heavy atom. The van der Waals surface area contributed by atoms with E-state index in [9.17, 15) is 0 Å². The maximum atomic E-state index is 5.91. The van der Waals surface area contributed by atoms with E-state index in [1.807, 2.05) is 0 Å². The summed E-state index contributed by atoms with van der Waals surface area (Å²) < 4.78 is 5.91. The van der Waals surface area contributed by atoms with Crippen LogP contribution in [0.15, 0.2) is 0 Å². The highest BCUT2D eigenvalue weighted by molar-refractivity contribution is 7.80. The molecular weight excluding hydrogens is 244 g/mol. The van der Waals surface area contributed by atoms with Gasteiger partial charge in [0.05, 0.1) is 11.7 Å². The Hall–Kier alpha value is -0.350. The second kappa shape index (κ2) is 5.74. The molecule has 0 aromatic heterocycles. The van der Waals surface area contributed by atoms with E-state index in [4.69, 9.17) is 17.0 Å². The van der Waals surface area contributed by atoms with Crippen LogP contribution in [0.3, 0.4) is 0 Å². The smallest absolute Gasteiger partial charge is 0.169 e. The van der Waals surface area contributed by atoms with E-state index in [0.717, 1.165) is 18.2 Å². The molecule has 2 aliphatic rings. The van der Waals surface area contributed by atoms with Crippen molar-refractivity contribution in [3.8, 4) is 0 Å². The number of thiocarbonyl (C=S) groups is 1. The number of hydrogen-bond donors (Lipinski definition) is 1. The molecule has 1 atom stereocenters. The Kier molecular flexibility index (Phi) is 4.49. The Bertz CT molecular complexity index is 300. The van der Waals surface area contributed by atoms with Crippen LogP contribution < -0.4 is 5.32 Å². The summed E-state index contributed by atoms with van der Waals surface area (Å²) in [6, 6.07) is 0.590. The molecule has 0 aromatic carbocycles. The van der Waals surface area contributed by atoms with Crippen LogP contribution >= 0.6 is 12.2 Å². The first-order valence-electron chi connectivity index (χ1n) is 7.19. The van der Waals surface area contributed by atoms with Gasteiger partial charge in [-0.2, -0.15) is 0 Å². The molecule has 0 aromatic rings. The minimum Gasteiger partial charge on any atom is -0.369 e. The normalized spacial score (nSPS) is 29.1. The summed E-state index contributed by atoms with van der Waals surface area (Å²) in [5.74, 6) is 0. The van der Waals surface area contributed by atoms with Crippen molar-refractivity contribution in [1.82, 2.24) is 10.2 Å². The molecule has 0 radical (unpaired) electrons. The predicted octanol–water partition coefficient (Wildman–Crippen LogP) is 2.69. The van der Waals surface area contributed by atoms with Gasteiger partial charge < -0.3 is 15.0 Å². The lowest BCUT2D eigenvalue weighted by molar-refractivity contribution is -0.113. The minimum atomic E-state index is -0.101. The molecule has 104 valence electrons. The molecular formula is C14H26N2OS. The third kappa shape index (κ3) is 3.82. The molecule has 1 heterocycles. The zero-order valence-electron chi connectivity index (χ0n) is 11.9. The van der Waals surface area contributed by atoms with Crippen molar-refractivity contribution in [2.75, 3.05) is 13.1 Å². The van der Waals surface area contributed by atoms with Crippen molar-refractivity contribution in [2.24, 2.45) is 0 Å². The first-order valence-corrected chi connectivity index (χ1v) is 7.60. The number of nitrogens with zero attached hydrogens (tertiary/aromatic N) is 1. The summed E-state index contributed by atoms with van der Waals surface area (Å²) in [7, 11) is 0. The number of rotatable bonds is 1. The van der Waals surface area contributed by atoms with E-state index in [-0.39, 0.29) is 11.7 Å². The fourth-order valence-corrected chi connectivity index (χ4v) is 3.43. The van der Waals surface area contributed by atoms with Crippen molar-refractivity contribution in [1.29, 1.82) is 0 Å². The predicted molar refractivity (Wildman–Crippen MR) is 78.8 cm³/mol. The van der Waals surface area contributed by atoms with Crippen LogP contribution in [0.1, 0.15) is 52.9 Å². The zero-order valence-corrected chi connectivity index (χ0v) is 12.7. The van der Waals surface area contributed by atoms with E-state index >= 15 is 0 Å². The highest BCUT2D eigenvalue weighted by Gasteiger charge is 2.32. The summed E-state index contributed by atoms with van der Waals surface area (Å²) in [5, 5.41) is 4.47. The Morgan fingerprint density at radius 3 is 2.56 bits per heavy atom. The highest BCUT2D eigenvalue weighted by atomic mass is 32.1. The van der Waals surface area contributed by atoms with Gasteiger partial charge >= 0.3 is 0 Å². The van der Waals surface area contributed by atoms with E-state index in [0.29, 0.717) is 6.04 Å². The van der Waals surface area contributed by atoms with E-state index in [2.05, 4.69) is 31.0 Å². The van der Waals surface area contributed by atoms with Crippen molar-refractivity contribution in [2.45, 2.75) is 70.6 Å². The minimum absolute atomic E-state index is 0.101. The Labute approximate surface area is 116 Å². The van der Waals surface area contributed by atoms with E-state index < -0.39 is 0 Å². The van der Waals surface area contributed by atoms with Crippen molar-refractivity contribution in [3.63, 3.8) is 0 Å². The quantitative estimate of drug-likeness (QED) is 0.741. The molecule has 1 saturated heterocycles. The SMILES string of the molecule is CC1CN(C(=S)NC2CCCCC2)CC(C)(C)O1. The van der Waals surface area contributed by atoms with Crippen LogP contribution in [-0.4, -0.2) is 40.8 Å². The molecule has 2 fully saturated rings. The molecule has 2 rings (SSSR count). The number of nitrogens with one attached hydrogen (secondary N) is 1. The summed E-state index contributed by atoms with van der Waals surface area (Å²) >= 11 is 5.57. The number of morpholine rings is 1. The third-order valence-electron chi connectivity index (χ3n) is 3.79. The van der Waals surface area contributed by atoms with Gasteiger partial charge in [0.2, 0.25) is 0 Å². The lowest BCUT2D eigenvalue weighted by atomic mass is 9.96. The Balaban J connectivity index is 1.87. The maximum Gasteiger partial charge on any atom is 0.169 e. The van der Waals surface area contributed by atoms with Crippen LogP contribution in [0.4, 0.5) is 0 Å². The molecule has 4 heteroatoms. The summed E-state index contributed by atoms with van der Waals surface area (Å²) in [6.45, 7) is 8.19. The van der Waals surface area contributed by atoms with Crippen molar-refractivity contribution in [3.05, 3.63) is 0 Å². The first-order chi connectivity index (χ1) is 8.46. The molecule has 0 amide bonds. The van der Waals surface area contributed by atoms with Crippen molar-refractivity contribution >= 4 is 17.3 Å². The van der Waals surface area contributed by atoms with Crippen LogP contribution in [0, 0.1) is 0 Å². The van der Waals surface area contributed by atoms with Crippen molar-refractivity contribution < 1.29 is 4.74 Å². The van der Waals surface area contributed by atoms with Crippen LogP contribution in [-0.2, 0) is 4.74 Å². The topological polar surface area (TPSA) is 24.5 Å². The van der Waals surface area contributed by atoms with Crippen LogP contribution in [0.5, 0.6) is 0 Å². The average Bonchev–Trinajstić information content (AvgIpc) is 2.27. The fourth-order valence-electron chi connectivity index (χ4n) is 3.12. The molecule has 1 aliphatic heterocycles. The maximum absolute atomic E-state index is 5.91. The average molecular weight is 270 g/mol. The van der Waals surface area contributed by atoms with Crippen LogP contribution in [0.25, 0.3) is 0 Å². The molecule has 18 heavy (non-hydrogen) atoms. The fraction of sp³-hybridized carbons (Fsp3) is 0.929. The lowest BCUT2D eigenvalue weighted by Gasteiger charge is -2.43.